The Morgan fingerprint density at radius 3 is 2.76 bits per heavy atom. The Morgan fingerprint density at radius 1 is 1.12 bits per heavy atom. The Balaban J connectivity index is 1.53. The molecule has 0 radical (unpaired) electrons. The van der Waals surface area contributed by atoms with Gasteiger partial charge in [0.15, 0.2) is 0 Å². The molecule has 0 aromatic heterocycles. The van der Waals surface area contributed by atoms with Gasteiger partial charge in [0.25, 0.3) is 0 Å². The molecule has 4 rings (SSSR count). The minimum atomic E-state index is 0.520. The van der Waals surface area contributed by atoms with Gasteiger partial charge < -0.3 is 0 Å². The summed E-state index contributed by atoms with van der Waals surface area (Å²) in [5, 5.41) is 0. The lowest BCUT2D eigenvalue weighted by atomic mass is 10.0. The van der Waals surface area contributed by atoms with Crippen LogP contribution in [0.2, 0.25) is 0 Å². The second-order valence-electron chi connectivity index (χ2n) is 5.63. The van der Waals surface area contributed by atoms with Gasteiger partial charge in [0, 0.05) is 25.0 Å². The van der Waals surface area contributed by atoms with Crippen LogP contribution in [-0.4, -0.2) is 60.4 Å². The highest BCUT2D eigenvalue weighted by molar-refractivity contribution is 5.15. The van der Waals surface area contributed by atoms with Crippen LogP contribution in [0.1, 0.15) is 6.92 Å². The molecule has 0 saturated carbocycles. The van der Waals surface area contributed by atoms with E-state index in [2.05, 4.69) is 44.0 Å². The summed E-state index contributed by atoms with van der Waals surface area (Å²) in [6.45, 7) is 4.63. The fourth-order valence-corrected chi connectivity index (χ4v) is 4.11. The second kappa shape index (κ2) is 3.61. The van der Waals surface area contributed by atoms with Gasteiger partial charge in [-0.15, -0.1) is 0 Å². The Hall–Kier alpha value is -0.280. The normalized spacial score (nSPS) is 53.3. The quantitative estimate of drug-likeness (QED) is 0.338. The van der Waals surface area contributed by atoms with Crippen LogP contribution < -0.4 is 27.2 Å². The number of fused-ring (bicyclic) bond motifs is 6. The summed E-state index contributed by atoms with van der Waals surface area (Å²) in [5.74, 6) is 0.672. The summed E-state index contributed by atoms with van der Waals surface area (Å²) >= 11 is 0. The first-order chi connectivity index (χ1) is 8.31. The number of hydrogen-bond acceptors (Lipinski definition) is 7. The van der Waals surface area contributed by atoms with Crippen molar-refractivity contribution in [3.05, 3.63) is 0 Å². The molecule has 17 heavy (non-hydrogen) atoms. The highest BCUT2D eigenvalue weighted by Crippen LogP contribution is 2.44. The van der Waals surface area contributed by atoms with Crippen molar-refractivity contribution in [1.29, 1.82) is 0 Å². The maximum absolute atomic E-state index is 3.37. The number of rotatable bonds is 2. The third kappa shape index (κ3) is 1.25. The zero-order valence-electron chi connectivity index (χ0n) is 10.3. The molecule has 0 spiro atoms. The van der Waals surface area contributed by atoms with Crippen LogP contribution in [0.15, 0.2) is 0 Å². The molecule has 0 aromatic rings. The van der Waals surface area contributed by atoms with E-state index in [1.165, 1.54) is 0 Å². The Morgan fingerprint density at radius 2 is 1.94 bits per heavy atom. The minimum absolute atomic E-state index is 0.520. The van der Waals surface area contributed by atoms with E-state index < -0.39 is 0 Å². The van der Waals surface area contributed by atoms with E-state index in [1.807, 2.05) is 7.05 Å². The van der Waals surface area contributed by atoms with E-state index in [-0.39, 0.29) is 0 Å². The van der Waals surface area contributed by atoms with Crippen molar-refractivity contribution in [1.82, 2.24) is 37.0 Å². The van der Waals surface area contributed by atoms with Crippen molar-refractivity contribution in [2.24, 2.45) is 5.92 Å². The molecule has 0 aliphatic carbocycles. The first-order valence-electron chi connectivity index (χ1n) is 6.51. The molecule has 7 heteroatoms. The Kier molecular flexibility index (Phi) is 2.26. The molecule has 6 atom stereocenters. The van der Waals surface area contributed by atoms with Gasteiger partial charge in [-0.1, -0.05) is 6.92 Å². The highest BCUT2D eigenvalue weighted by Gasteiger charge is 2.63. The van der Waals surface area contributed by atoms with Gasteiger partial charge in [-0.25, -0.2) is 10.9 Å². The third-order valence-electron chi connectivity index (χ3n) is 4.86. The molecule has 4 saturated heterocycles. The molecule has 4 heterocycles. The number of nitrogens with zero attached hydrogens (tertiary/aromatic N) is 2. The summed E-state index contributed by atoms with van der Waals surface area (Å²) in [5.41, 5.74) is 16.2. The predicted molar refractivity (Wildman–Crippen MR) is 63.1 cm³/mol. The SMILES string of the molecule is CNNC1CN2C(C1C)N1CC3NNNC3C21. The van der Waals surface area contributed by atoms with Crippen molar-refractivity contribution in [2.45, 2.75) is 37.4 Å². The number of hydrazine groups is 3. The average Bonchev–Trinajstić information content (AvgIpc) is 2.89. The van der Waals surface area contributed by atoms with Gasteiger partial charge in [0.2, 0.25) is 0 Å². The summed E-state index contributed by atoms with van der Waals surface area (Å²) in [6.07, 6.45) is 1.19. The van der Waals surface area contributed by atoms with Crippen molar-refractivity contribution in [3.8, 4) is 0 Å². The van der Waals surface area contributed by atoms with Gasteiger partial charge in [-0.3, -0.25) is 20.7 Å². The summed E-state index contributed by atoms with van der Waals surface area (Å²) < 4.78 is 0. The molecular formula is C10H21N7. The lowest BCUT2D eigenvalue weighted by molar-refractivity contribution is -0.147. The first kappa shape index (κ1) is 10.6. The van der Waals surface area contributed by atoms with Crippen LogP contribution >= 0.6 is 0 Å². The topological polar surface area (TPSA) is 66.6 Å². The van der Waals surface area contributed by atoms with Crippen LogP contribution in [-0.2, 0) is 0 Å². The van der Waals surface area contributed by atoms with Gasteiger partial charge in [0.1, 0.15) is 0 Å². The van der Waals surface area contributed by atoms with Gasteiger partial charge in [-0.05, 0) is 7.05 Å². The van der Waals surface area contributed by atoms with E-state index in [9.17, 15) is 0 Å². The molecule has 96 valence electrons. The molecule has 5 N–H and O–H groups in total. The molecule has 4 aliphatic heterocycles. The molecule has 4 aliphatic rings. The van der Waals surface area contributed by atoms with Crippen molar-refractivity contribution >= 4 is 0 Å². The average molecular weight is 239 g/mol. The number of hydrogen-bond donors (Lipinski definition) is 5. The van der Waals surface area contributed by atoms with Crippen molar-refractivity contribution in [3.63, 3.8) is 0 Å². The number of nitrogens with one attached hydrogen (secondary N) is 5. The summed E-state index contributed by atoms with van der Waals surface area (Å²) in [6, 6.07) is 1.62. The van der Waals surface area contributed by atoms with E-state index in [4.69, 9.17) is 0 Å². The van der Waals surface area contributed by atoms with Gasteiger partial charge in [-0.2, -0.15) is 5.53 Å². The van der Waals surface area contributed by atoms with E-state index in [0.717, 1.165) is 13.1 Å². The molecular weight excluding hydrogens is 218 g/mol. The molecule has 6 unspecified atom stereocenters. The third-order valence-corrected chi connectivity index (χ3v) is 4.86. The maximum atomic E-state index is 3.37. The largest absolute Gasteiger partial charge is 0.269 e. The van der Waals surface area contributed by atoms with Crippen LogP contribution in [0.25, 0.3) is 0 Å². The molecule has 0 bridgehead atoms. The van der Waals surface area contributed by atoms with Crippen LogP contribution in [0.5, 0.6) is 0 Å². The first-order valence-corrected chi connectivity index (χ1v) is 6.51. The fraction of sp³-hybridized carbons (Fsp3) is 1.00. The van der Waals surface area contributed by atoms with Crippen molar-refractivity contribution in [2.75, 3.05) is 20.1 Å². The molecule has 4 fully saturated rings. The zero-order chi connectivity index (χ0) is 11.6. The fourth-order valence-electron chi connectivity index (χ4n) is 4.11. The second-order valence-corrected chi connectivity index (χ2v) is 5.63. The maximum Gasteiger partial charge on any atom is 0.0837 e. The van der Waals surface area contributed by atoms with Gasteiger partial charge >= 0.3 is 0 Å². The highest BCUT2D eigenvalue weighted by atomic mass is 15.7. The zero-order valence-corrected chi connectivity index (χ0v) is 10.3. The smallest absolute Gasteiger partial charge is 0.0837 e. The van der Waals surface area contributed by atoms with Crippen LogP contribution in [0.3, 0.4) is 0 Å². The lowest BCUT2D eigenvalue weighted by Crippen LogP contribution is -2.71. The predicted octanol–water partition coefficient (Wildman–Crippen LogP) is -2.64. The van der Waals surface area contributed by atoms with Crippen LogP contribution in [0.4, 0.5) is 0 Å². The molecule has 7 nitrogen and oxygen atoms in total. The van der Waals surface area contributed by atoms with E-state index in [0.29, 0.717) is 36.4 Å². The summed E-state index contributed by atoms with van der Waals surface area (Å²) in [7, 11) is 1.95. The Labute approximate surface area is 101 Å². The van der Waals surface area contributed by atoms with E-state index in [1.54, 1.807) is 0 Å². The Bertz CT molecular complexity index is 324. The molecule has 0 aromatic carbocycles. The summed E-state index contributed by atoms with van der Waals surface area (Å²) in [4.78, 5) is 5.27. The standard InChI is InChI=1S/C10H21N7/c1-5-6(12-11-2)3-16-9(5)17-4-7-8(10(16)17)14-15-13-7/h5-15H,3-4H2,1-2H3. The lowest BCUT2D eigenvalue weighted by Gasteiger charge is -2.53. The molecule has 0 amide bonds. The minimum Gasteiger partial charge on any atom is -0.269 e. The van der Waals surface area contributed by atoms with Gasteiger partial charge in [0.05, 0.1) is 24.4 Å². The monoisotopic (exact) mass is 239 g/mol. The van der Waals surface area contributed by atoms with Crippen molar-refractivity contribution < 1.29 is 0 Å². The van der Waals surface area contributed by atoms with E-state index >= 15 is 0 Å². The van der Waals surface area contributed by atoms with Crippen LogP contribution in [0, 0.1) is 5.92 Å².